The van der Waals surface area contributed by atoms with Crippen molar-refractivity contribution in [1.82, 2.24) is 0 Å². The molecule has 1 unspecified atom stereocenters. The Labute approximate surface area is 163 Å². The molecule has 1 rings (SSSR count). The normalized spacial score (nSPS) is 15.1. The van der Waals surface area contributed by atoms with Crippen LogP contribution >= 0.6 is 0 Å². The largest absolute Gasteiger partial charge is 0.417 e. The van der Waals surface area contributed by atoms with E-state index in [4.69, 9.17) is 4.43 Å². The fraction of sp³-hybridized carbons (Fsp3) is 0.636. The summed E-state index contributed by atoms with van der Waals surface area (Å²) in [6.45, 7) is 18.6. The lowest BCUT2D eigenvalue weighted by Gasteiger charge is -2.37. The van der Waals surface area contributed by atoms with Gasteiger partial charge in [0.2, 0.25) is 0 Å². The maximum atomic E-state index is 11.3. The predicted octanol–water partition coefficient (Wildman–Crippen LogP) is 5.09. The molecule has 0 aliphatic carbocycles. The zero-order valence-corrected chi connectivity index (χ0v) is 20.1. The van der Waals surface area contributed by atoms with Crippen molar-refractivity contribution in [1.29, 1.82) is 0 Å². The average molecular weight is 391 g/mol. The summed E-state index contributed by atoms with van der Waals surface area (Å²) in [4.78, 5) is 0. The van der Waals surface area contributed by atoms with Crippen LogP contribution in [0.15, 0.2) is 30.3 Å². The van der Waals surface area contributed by atoms with Crippen molar-refractivity contribution in [3.63, 3.8) is 0 Å². The minimum atomic E-state index is -2.10. The highest BCUT2D eigenvalue weighted by molar-refractivity contribution is 6.92. The SMILES string of the molecule is CCC(O)(C#CCCCO[Si](C)(C)C(C)(C)C)[Si](C)(C)c1ccccc1. The molecule has 0 aliphatic rings. The van der Waals surface area contributed by atoms with Gasteiger partial charge in [-0.2, -0.15) is 0 Å². The third kappa shape index (κ3) is 5.56. The quantitative estimate of drug-likeness (QED) is 0.399. The van der Waals surface area contributed by atoms with Crippen LogP contribution in [-0.2, 0) is 4.43 Å². The van der Waals surface area contributed by atoms with E-state index in [1.807, 2.05) is 25.1 Å². The third-order valence-corrected chi connectivity index (χ3v) is 14.9. The number of unbranched alkanes of at least 4 members (excludes halogenated alkanes) is 1. The van der Waals surface area contributed by atoms with Crippen LogP contribution in [-0.4, -0.2) is 33.3 Å². The van der Waals surface area contributed by atoms with Crippen LogP contribution in [0, 0.1) is 11.8 Å². The van der Waals surface area contributed by atoms with Crippen LogP contribution < -0.4 is 5.19 Å². The van der Waals surface area contributed by atoms with Gasteiger partial charge in [0, 0.05) is 13.0 Å². The van der Waals surface area contributed by atoms with Crippen molar-refractivity contribution in [3.05, 3.63) is 30.3 Å². The molecule has 0 spiro atoms. The van der Waals surface area contributed by atoms with Crippen LogP contribution in [0.3, 0.4) is 0 Å². The molecule has 0 heterocycles. The maximum Gasteiger partial charge on any atom is 0.191 e. The summed E-state index contributed by atoms with van der Waals surface area (Å²) in [6, 6.07) is 10.4. The molecular formula is C22H38O2Si2. The van der Waals surface area contributed by atoms with Gasteiger partial charge in [-0.25, -0.2) is 0 Å². The highest BCUT2D eigenvalue weighted by Crippen LogP contribution is 2.36. The molecule has 0 aromatic heterocycles. The Balaban J connectivity index is 2.69. The molecule has 0 amide bonds. The molecule has 1 atom stereocenters. The maximum absolute atomic E-state index is 11.3. The Hall–Kier alpha value is -0.866. The lowest BCUT2D eigenvalue weighted by atomic mass is 10.2. The van der Waals surface area contributed by atoms with Gasteiger partial charge in [-0.1, -0.05) is 82.2 Å². The lowest BCUT2D eigenvalue weighted by Crippen LogP contribution is -2.61. The summed E-state index contributed by atoms with van der Waals surface area (Å²) in [7, 11) is -3.77. The van der Waals surface area contributed by atoms with Gasteiger partial charge in [0.05, 0.1) is 0 Å². The highest BCUT2D eigenvalue weighted by Gasteiger charge is 2.44. The highest BCUT2D eigenvalue weighted by atomic mass is 28.4. The topological polar surface area (TPSA) is 29.5 Å². The summed E-state index contributed by atoms with van der Waals surface area (Å²) in [5.41, 5.74) is 0. The molecule has 0 bridgehead atoms. The van der Waals surface area contributed by atoms with Gasteiger partial charge in [-0.05, 0) is 31.0 Å². The van der Waals surface area contributed by atoms with E-state index < -0.39 is 21.6 Å². The molecule has 0 saturated heterocycles. The first-order valence-corrected chi connectivity index (χ1v) is 15.7. The van der Waals surface area contributed by atoms with Gasteiger partial charge in [0.15, 0.2) is 8.32 Å². The van der Waals surface area contributed by atoms with Gasteiger partial charge >= 0.3 is 0 Å². The van der Waals surface area contributed by atoms with E-state index in [0.717, 1.165) is 19.4 Å². The second-order valence-corrected chi connectivity index (χ2v) is 18.7. The fourth-order valence-electron chi connectivity index (χ4n) is 2.69. The summed E-state index contributed by atoms with van der Waals surface area (Å²) in [5.74, 6) is 6.48. The first-order chi connectivity index (χ1) is 11.9. The van der Waals surface area contributed by atoms with E-state index in [0.29, 0.717) is 6.42 Å². The van der Waals surface area contributed by atoms with Crippen molar-refractivity contribution in [3.8, 4) is 11.8 Å². The van der Waals surface area contributed by atoms with Crippen molar-refractivity contribution in [2.24, 2.45) is 0 Å². The summed E-state index contributed by atoms with van der Waals surface area (Å²) in [5, 5.41) is 11.9. The number of hydrogen-bond acceptors (Lipinski definition) is 2. The van der Waals surface area contributed by atoms with Crippen LogP contribution in [0.4, 0.5) is 0 Å². The Bertz CT molecular complexity index is 621. The van der Waals surface area contributed by atoms with E-state index in [9.17, 15) is 5.11 Å². The number of benzene rings is 1. The molecule has 1 aromatic rings. The molecule has 0 fully saturated rings. The number of hydrogen-bond donors (Lipinski definition) is 1. The third-order valence-electron chi connectivity index (χ3n) is 6.05. The van der Waals surface area contributed by atoms with Crippen molar-refractivity contribution in [2.45, 2.75) is 83.4 Å². The van der Waals surface area contributed by atoms with E-state index in [1.165, 1.54) is 5.19 Å². The second-order valence-electron chi connectivity index (χ2n) is 9.22. The molecule has 146 valence electrons. The monoisotopic (exact) mass is 390 g/mol. The van der Waals surface area contributed by atoms with Crippen molar-refractivity contribution >= 4 is 21.6 Å². The number of aliphatic hydroxyl groups is 1. The Kier molecular flexibility index (Phi) is 7.92. The first kappa shape index (κ1) is 23.2. The second kappa shape index (κ2) is 8.88. The van der Waals surface area contributed by atoms with Crippen LogP contribution in [0.5, 0.6) is 0 Å². The lowest BCUT2D eigenvalue weighted by molar-refractivity contribution is 0.173. The minimum absolute atomic E-state index is 0.243. The standard InChI is InChI=1S/C22H38O2Si2/c1-9-22(23,25(5,6)20-16-12-10-13-17-20)18-14-11-15-19-24-26(7,8)21(2,3)4/h10,12-13,16-17,23H,9,11,15,19H2,1-8H3. The van der Waals surface area contributed by atoms with Crippen molar-refractivity contribution in [2.75, 3.05) is 6.61 Å². The molecule has 0 saturated carbocycles. The van der Waals surface area contributed by atoms with E-state index in [1.54, 1.807) is 0 Å². The fourth-order valence-corrected chi connectivity index (χ4v) is 6.57. The molecule has 26 heavy (non-hydrogen) atoms. The first-order valence-electron chi connectivity index (χ1n) is 9.79. The van der Waals surface area contributed by atoms with E-state index >= 15 is 0 Å². The van der Waals surface area contributed by atoms with E-state index in [-0.39, 0.29) is 5.04 Å². The number of rotatable bonds is 7. The van der Waals surface area contributed by atoms with E-state index in [2.05, 4.69) is 70.9 Å². The zero-order valence-electron chi connectivity index (χ0n) is 18.1. The average Bonchev–Trinajstić information content (AvgIpc) is 2.57. The van der Waals surface area contributed by atoms with Gasteiger partial charge in [-0.3, -0.25) is 0 Å². The van der Waals surface area contributed by atoms with Gasteiger partial charge < -0.3 is 9.53 Å². The van der Waals surface area contributed by atoms with Gasteiger partial charge in [0.25, 0.3) is 0 Å². The van der Waals surface area contributed by atoms with Crippen molar-refractivity contribution < 1.29 is 9.53 Å². The molecule has 1 N–H and O–H groups in total. The smallest absolute Gasteiger partial charge is 0.191 e. The minimum Gasteiger partial charge on any atom is -0.417 e. The molecule has 0 aliphatic heterocycles. The van der Waals surface area contributed by atoms with Crippen LogP contribution in [0.25, 0.3) is 0 Å². The van der Waals surface area contributed by atoms with Gasteiger partial charge in [0.1, 0.15) is 13.3 Å². The Morgan fingerprint density at radius 3 is 2.12 bits per heavy atom. The molecular weight excluding hydrogens is 352 g/mol. The van der Waals surface area contributed by atoms with Crippen LogP contribution in [0.1, 0.15) is 47.0 Å². The van der Waals surface area contributed by atoms with Crippen LogP contribution in [0.2, 0.25) is 31.2 Å². The molecule has 4 heteroatoms. The summed E-state index contributed by atoms with van der Waals surface area (Å²) < 4.78 is 6.21. The Morgan fingerprint density at radius 2 is 1.62 bits per heavy atom. The summed E-state index contributed by atoms with van der Waals surface area (Å²) >= 11 is 0. The summed E-state index contributed by atoms with van der Waals surface area (Å²) in [6.07, 6.45) is 2.36. The molecule has 0 radical (unpaired) electrons. The molecule has 2 nitrogen and oxygen atoms in total. The van der Waals surface area contributed by atoms with Gasteiger partial charge in [-0.15, -0.1) is 5.92 Å². The molecule has 1 aromatic carbocycles. The Morgan fingerprint density at radius 1 is 1.04 bits per heavy atom. The predicted molar refractivity (Wildman–Crippen MR) is 119 cm³/mol. The zero-order chi connectivity index (χ0) is 20.1.